The number of nitrogen functional groups attached to an aromatic ring is 1. The van der Waals surface area contributed by atoms with Gasteiger partial charge in [0.2, 0.25) is 0 Å². The minimum absolute atomic E-state index is 0.00620. The number of nitrogens with one attached hydrogen (secondary N) is 1. The van der Waals surface area contributed by atoms with E-state index in [1.165, 1.54) is 11.3 Å². The number of carbonyl (C=O) groups is 1. The second-order valence-electron chi connectivity index (χ2n) is 4.81. The standard InChI is InChI=1S/C13H20N2O3S/c1-4-17-13(16)11-9(14)10(18-7(2)3)12(19-11)15-8-5-6-8/h7-8,15H,4-6,14H2,1-3H3. The van der Waals surface area contributed by atoms with Crippen LogP contribution < -0.4 is 15.8 Å². The number of rotatable bonds is 6. The predicted octanol–water partition coefficient (Wildman–Crippen LogP) is 2.87. The van der Waals surface area contributed by atoms with Gasteiger partial charge in [-0.05, 0) is 33.6 Å². The molecule has 0 aromatic carbocycles. The fraction of sp³-hybridized carbons (Fsp3) is 0.615. The lowest BCUT2D eigenvalue weighted by Gasteiger charge is -2.12. The molecule has 0 aliphatic heterocycles. The van der Waals surface area contributed by atoms with E-state index in [0.717, 1.165) is 17.8 Å². The van der Waals surface area contributed by atoms with Crippen molar-refractivity contribution in [2.24, 2.45) is 0 Å². The van der Waals surface area contributed by atoms with Crippen molar-refractivity contribution in [3.05, 3.63) is 4.88 Å². The number of anilines is 2. The Morgan fingerprint density at radius 1 is 1.53 bits per heavy atom. The van der Waals surface area contributed by atoms with Crippen molar-refractivity contribution in [3.63, 3.8) is 0 Å². The Hall–Kier alpha value is -1.43. The minimum Gasteiger partial charge on any atom is -0.486 e. The third-order valence-corrected chi connectivity index (χ3v) is 3.72. The molecule has 0 amide bonds. The number of hydrogen-bond acceptors (Lipinski definition) is 6. The quantitative estimate of drug-likeness (QED) is 0.786. The SMILES string of the molecule is CCOC(=O)c1sc(NC2CC2)c(OC(C)C)c1N. The van der Waals surface area contributed by atoms with Crippen LogP contribution in [0.4, 0.5) is 10.7 Å². The van der Waals surface area contributed by atoms with Gasteiger partial charge >= 0.3 is 5.97 Å². The molecule has 5 nitrogen and oxygen atoms in total. The van der Waals surface area contributed by atoms with E-state index in [9.17, 15) is 4.79 Å². The zero-order chi connectivity index (χ0) is 14.0. The van der Waals surface area contributed by atoms with Gasteiger partial charge in [0, 0.05) is 6.04 Å². The summed E-state index contributed by atoms with van der Waals surface area (Å²) >= 11 is 1.31. The summed E-state index contributed by atoms with van der Waals surface area (Å²) in [5.41, 5.74) is 6.40. The zero-order valence-corrected chi connectivity index (χ0v) is 12.3. The monoisotopic (exact) mass is 284 g/mol. The van der Waals surface area contributed by atoms with E-state index in [-0.39, 0.29) is 12.1 Å². The molecule has 0 bridgehead atoms. The van der Waals surface area contributed by atoms with E-state index < -0.39 is 0 Å². The smallest absolute Gasteiger partial charge is 0.350 e. The molecule has 0 unspecified atom stereocenters. The number of hydrogen-bond donors (Lipinski definition) is 2. The van der Waals surface area contributed by atoms with Crippen LogP contribution in [-0.4, -0.2) is 24.7 Å². The van der Waals surface area contributed by atoms with Crippen LogP contribution in [0, 0.1) is 0 Å². The second-order valence-corrected chi connectivity index (χ2v) is 5.83. The molecule has 19 heavy (non-hydrogen) atoms. The summed E-state index contributed by atoms with van der Waals surface area (Å²) in [4.78, 5) is 12.3. The van der Waals surface area contributed by atoms with Crippen LogP contribution in [0.5, 0.6) is 5.75 Å². The first-order valence-electron chi connectivity index (χ1n) is 6.55. The Kier molecular flexibility index (Phi) is 4.19. The average molecular weight is 284 g/mol. The zero-order valence-electron chi connectivity index (χ0n) is 11.5. The lowest BCUT2D eigenvalue weighted by atomic mass is 10.3. The van der Waals surface area contributed by atoms with Crippen molar-refractivity contribution < 1.29 is 14.3 Å². The summed E-state index contributed by atoms with van der Waals surface area (Å²) in [6.45, 7) is 5.97. The molecule has 0 radical (unpaired) electrons. The molecule has 1 saturated carbocycles. The Morgan fingerprint density at radius 2 is 2.21 bits per heavy atom. The largest absolute Gasteiger partial charge is 0.486 e. The highest BCUT2D eigenvalue weighted by atomic mass is 32.1. The van der Waals surface area contributed by atoms with Gasteiger partial charge in [-0.15, -0.1) is 11.3 Å². The number of ether oxygens (including phenoxy) is 2. The van der Waals surface area contributed by atoms with Crippen LogP contribution in [0.2, 0.25) is 0 Å². The Labute approximate surface area is 117 Å². The van der Waals surface area contributed by atoms with Gasteiger partial charge in [-0.3, -0.25) is 0 Å². The molecule has 6 heteroatoms. The summed E-state index contributed by atoms with van der Waals surface area (Å²) in [6, 6.07) is 0.475. The van der Waals surface area contributed by atoms with Crippen LogP contribution in [0.3, 0.4) is 0 Å². The maximum absolute atomic E-state index is 11.8. The molecule has 1 aromatic rings. The molecule has 0 saturated heterocycles. The van der Waals surface area contributed by atoms with Crippen molar-refractivity contribution in [1.29, 1.82) is 0 Å². The van der Waals surface area contributed by atoms with Gasteiger partial charge in [0.15, 0.2) is 5.75 Å². The van der Waals surface area contributed by atoms with Crippen LogP contribution in [-0.2, 0) is 4.74 Å². The van der Waals surface area contributed by atoms with E-state index >= 15 is 0 Å². The highest BCUT2D eigenvalue weighted by Gasteiger charge is 2.28. The van der Waals surface area contributed by atoms with Gasteiger partial charge in [0.25, 0.3) is 0 Å². The number of thiophene rings is 1. The van der Waals surface area contributed by atoms with Gasteiger partial charge in [0.1, 0.15) is 15.6 Å². The molecule has 1 aliphatic rings. The van der Waals surface area contributed by atoms with Crippen molar-refractivity contribution in [3.8, 4) is 5.75 Å². The first-order chi connectivity index (χ1) is 9.02. The van der Waals surface area contributed by atoms with Crippen molar-refractivity contribution >= 4 is 28.0 Å². The summed E-state index contributed by atoms with van der Waals surface area (Å²) in [5.74, 6) is 0.192. The molecule has 3 N–H and O–H groups in total. The molecule has 1 aromatic heterocycles. The molecular formula is C13H20N2O3S. The highest BCUT2D eigenvalue weighted by Crippen LogP contribution is 2.45. The Morgan fingerprint density at radius 3 is 2.74 bits per heavy atom. The Bertz CT molecular complexity index is 467. The van der Waals surface area contributed by atoms with Crippen molar-refractivity contribution in [1.82, 2.24) is 0 Å². The lowest BCUT2D eigenvalue weighted by molar-refractivity contribution is 0.0533. The van der Waals surface area contributed by atoms with Crippen molar-refractivity contribution in [2.75, 3.05) is 17.7 Å². The van der Waals surface area contributed by atoms with E-state index in [1.807, 2.05) is 13.8 Å². The van der Waals surface area contributed by atoms with E-state index in [2.05, 4.69) is 5.32 Å². The molecule has 1 fully saturated rings. The van der Waals surface area contributed by atoms with Gasteiger partial charge in [-0.1, -0.05) is 0 Å². The van der Waals surface area contributed by atoms with Gasteiger partial charge < -0.3 is 20.5 Å². The average Bonchev–Trinajstić information content (AvgIpc) is 3.09. The molecule has 106 valence electrons. The van der Waals surface area contributed by atoms with Gasteiger partial charge in [0.05, 0.1) is 12.7 Å². The maximum Gasteiger partial charge on any atom is 0.350 e. The molecule has 1 heterocycles. The van der Waals surface area contributed by atoms with Crippen molar-refractivity contribution in [2.45, 2.75) is 45.8 Å². The van der Waals surface area contributed by atoms with Crippen LogP contribution in [0.15, 0.2) is 0 Å². The number of nitrogens with two attached hydrogens (primary N) is 1. The van der Waals surface area contributed by atoms with Crippen LogP contribution in [0.1, 0.15) is 43.3 Å². The number of carbonyl (C=O) groups excluding carboxylic acids is 1. The fourth-order valence-electron chi connectivity index (χ4n) is 1.64. The number of esters is 1. The van der Waals surface area contributed by atoms with Gasteiger partial charge in [-0.2, -0.15) is 0 Å². The molecule has 0 atom stereocenters. The summed E-state index contributed by atoms with van der Waals surface area (Å²) in [5, 5.41) is 4.18. The van der Waals surface area contributed by atoms with E-state index in [1.54, 1.807) is 6.92 Å². The van der Waals surface area contributed by atoms with E-state index in [4.69, 9.17) is 15.2 Å². The van der Waals surface area contributed by atoms with Gasteiger partial charge in [-0.25, -0.2) is 4.79 Å². The molecule has 0 spiro atoms. The summed E-state index contributed by atoms with van der Waals surface area (Å²) in [7, 11) is 0. The fourth-order valence-corrected chi connectivity index (χ4v) is 2.66. The minimum atomic E-state index is -0.387. The maximum atomic E-state index is 11.8. The molecular weight excluding hydrogens is 264 g/mol. The second kappa shape index (κ2) is 5.69. The molecule has 2 rings (SSSR count). The van der Waals surface area contributed by atoms with Crippen LogP contribution in [0.25, 0.3) is 0 Å². The normalized spacial score (nSPS) is 14.5. The topological polar surface area (TPSA) is 73.6 Å². The van der Waals surface area contributed by atoms with Crippen LogP contribution >= 0.6 is 11.3 Å². The highest BCUT2D eigenvalue weighted by molar-refractivity contribution is 7.19. The summed E-state index contributed by atoms with van der Waals surface area (Å²) in [6.07, 6.45) is 2.30. The summed E-state index contributed by atoms with van der Waals surface area (Å²) < 4.78 is 10.7. The first kappa shape index (κ1) is 14.0. The van der Waals surface area contributed by atoms with E-state index in [0.29, 0.717) is 29.0 Å². The lowest BCUT2D eigenvalue weighted by Crippen LogP contribution is -2.10. The Balaban J connectivity index is 2.28. The predicted molar refractivity (Wildman–Crippen MR) is 77.1 cm³/mol. The third-order valence-electron chi connectivity index (χ3n) is 2.63. The molecule has 1 aliphatic carbocycles. The third kappa shape index (κ3) is 3.32. The first-order valence-corrected chi connectivity index (χ1v) is 7.37.